The Morgan fingerprint density at radius 2 is 1.76 bits per heavy atom. The standard InChI is InChI=1S/C22H21ClF3N3/c1-14-5-6-15(2)29(14)21-10-9-20-19(27-21)4-3-11-28(20)13-16-7-8-17(12-18(16)23)22(24,25)26/h5-10,12H,3-4,11,13H2,1-2H3. The molecule has 0 saturated heterocycles. The molecule has 3 heterocycles. The van der Waals surface area contributed by atoms with Crippen molar-refractivity contribution in [2.24, 2.45) is 0 Å². The average molecular weight is 420 g/mol. The van der Waals surface area contributed by atoms with Crippen molar-refractivity contribution in [3.05, 3.63) is 75.7 Å². The molecule has 152 valence electrons. The molecule has 4 rings (SSSR count). The first-order valence-electron chi connectivity index (χ1n) is 9.50. The van der Waals surface area contributed by atoms with Crippen LogP contribution in [0.2, 0.25) is 5.02 Å². The van der Waals surface area contributed by atoms with Gasteiger partial charge in [-0.05, 0) is 68.7 Å². The van der Waals surface area contributed by atoms with Crippen LogP contribution < -0.4 is 4.90 Å². The van der Waals surface area contributed by atoms with Crippen LogP contribution in [0.5, 0.6) is 0 Å². The maximum absolute atomic E-state index is 12.9. The Bertz CT molecular complexity index is 1040. The van der Waals surface area contributed by atoms with Gasteiger partial charge in [0.25, 0.3) is 0 Å². The van der Waals surface area contributed by atoms with Crippen LogP contribution in [0.25, 0.3) is 5.82 Å². The molecule has 0 fully saturated rings. The van der Waals surface area contributed by atoms with E-state index < -0.39 is 11.7 Å². The molecule has 0 spiro atoms. The molecule has 29 heavy (non-hydrogen) atoms. The Balaban J connectivity index is 1.63. The van der Waals surface area contributed by atoms with E-state index >= 15 is 0 Å². The van der Waals surface area contributed by atoms with E-state index in [4.69, 9.17) is 16.6 Å². The number of nitrogens with zero attached hydrogens (tertiary/aromatic N) is 3. The lowest BCUT2D eigenvalue weighted by Gasteiger charge is -2.31. The quantitative estimate of drug-likeness (QED) is 0.510. The maximum Gasteiger partial charge on any atom is 0.416 e. The van der Waals surface area contributed by atoms with Crippen molar-refractivity contribution in [3.8, 4) is 5.82 Å². The first kappa shape index (κ1) is 19.8. The van der Waals surface area contributed by atoms with Crippen LogP contribution in [0.3, 0.4) is 0 Å². The van der Waals surface area contributed by atoms with Gasteiger partial charge in [0.05, 0.1) is 16.9 Å². The molecule has 0 amide bonds. The van der Waals surface area contributed by atoms with Crippen molar-refractivity contribution < 1.29 is 13.2 Å². The van der Waals surface area contributed by atoms with E-state index in [1.54, 1.807) is 0 Å². The zero-order valence-electron chi connectivity index (χ0n) is 16.2. The van der Waals surface area contributed by atoms with Crippen LogP contribution in [0.15, 0.2) is 42.5 Å². The number of halogens is 4. The summed E-state index contributed by atoms with van der Waals surface area (Å²) >= 11 is 6.16. The lowest BCUT2D eigenvalue weighted by Crippen LogP contribution is -2.29. The third-order valence-corrected chi connectivity index (χ3v) is 5.71. The van der Waals surface area contributed by atoms with Crippen LogP contribution >= 0.6 is 11.6 Å². The molecule has 1 aliphatic rings. The number of hydrogen-bond donors (Lipinski definition) is 0. The van der Waals surface area contributed by atoms with E-state index in [0.29, 0.717) is 12.1 Å². The molecule has 1 aromatic carbocycles. The lowest BCUT2D eigenvalue weighted by atomic mass is 10.1. The van der Waals surface area contributed by atoms with E-state index in [0.717, 1.165) is 60.1 Å². The highest BCUT2D eigenvalue weighted by Crippen LogP contribution is 2.34. The van der Waals surface area contributed by atoms with Gasteiger partial charge in [0, 0.05) is 29.5 Å². The van der Waals surface area contributed by atoms with Crippen molar-refractivity contribution in [3.63, 3.8) is 0 Å². The average Bonchev–Trinajstić information content (AvgIpc) is 3.00. The van der Waals surface area contributed by atoms with Crippen LogP contribution in [-0.4, -0.2) is 16.1 Å². The number of aryl methyl sites for hydroxylation is 3. The van der Waals surface area contributed by atoms with Gasteiger partial charge in [-0.1, -0.05) is 17.7 Å². The van der Waals surface area contributed by atoms with Crippen molar-refractivity contribution >= 4 is 17.3 Å². The van der Waals surface area contributed by atoms with Crippen molar-refractivity contribution in [2.75, 3.05) is 11.4 Å². The number of pyridine rings is 1. The van der Waals surface area contributed by atoms with Gasteiger partial charge in [0.2, 0.25) is 0 Å². The van der Waals surface area contributed by atoms with E-state index in [1.807, 2.05) is 26.0 Å². The Kier molecular flexibility index (Phi) is 5.07. The molecule has 0 bridgehead atoms. The molecular formula is C22H21ClF3N3. The zero-order chi connectivity index (χ0) is 20.8. The Morgan fingerprint density at radius 3 is 2.41 bits per heavy atom. The topological polar surface area (TPSA) is 21.1 Å². The molecule has 0 atom stereocenters. The first-order chi connectivity index (χ1) is 13.7. The molecule has 0 aliphatic carbocycles. The minimum absolute atomic E-state index is 0.134. The van der Waals surface area contributed by atoms with Gasteiger partial charge in [-0.25, -0.2) is 4.98 Å². The molecule has 3 aromatic rings. The van der Waals surface area contributed by atoms with Crippen molar-refractivity contribution in [1.29, 1.82) is 0 Å². The number of hydrogen-bond acceptors (Lipinski definition) is 2. The van der Waals surface area contributed by atoms with Gasteiger partial charge < -0.3 is 9.47 Å². The summed E-state index contributed by atoms with van der Waals surface area (Å²) in [5, 5.41) is 0.134. The fourth-order valence-corrected chi connectivity index (χ4v) is 4.13. The highest BCUT2D eigenvalue weighted by Gasteiger charge is 2.31. The molecule has 0 saturated carbocycles. The number of rotatable bonds is 3. The number of aromatic nitrogens is 2. The fraction of sp³-hybridized carbons (Fsp3) is 0.318. The van der Waals surface area contributed by atoms with Gasteiger partial charge in [-0.2, -0.15) is 13.2 Å². The van der Waals surface area contributed by atoms with Crippen LogP contribution in [0.1, 0.15) is 34.6 Å². The van der Waals surface area contributed by atoms with Crippen LogP contribution in [0, 0.1) is 13.8 Å². The van der Waals surface area contributed by atoms with Gasteiger partial charge in [-0.15, -0.1) is 0 Å². The Hall–Kier alpha value is -2.47. The number of anilines is 1. The summed E-state index contributed by atoms with van der Waals surface area (Å²) in [6.45, 7) is 5.36. The lowest BCUT2D eigenvalue weighted by molar-refractivity contribution is -0.137. The van der Waals surface area contributed by atoms with Gasteiger partial charge in [-0.3, -0.25) is 0 Å². The summed E-state index contributed by atoms with van der Waals surface area (Å²) in [6, 6.07) is 11.7. The molecule has 0 radical (unpaired) electrons. The number of benzene rings is 1. The number of alkyl halides is 3. The minimum atomic E-state index is -4.39. The summed E-state index contributed by atoms with van der Waals surface area (Å²) in [4.78, 5) is 7.02. The maximum atomic E-state index is 12.9. The third-order valence-electron chi connectivity index (χ3n) is 5.36. The summed E-state index contributed by atoms with van der Waals surface area (Å²) in [6.07, 6.45) is -2.58. The Morgan fingerprint density at radius 1 is 1.03 bits per heavy atom. The summed E-state index contributed by atoms with van der Waals surface area (Å²) in [5.74, 6) is 0.887. The highest BCUT2D eigenvalue weighted by atomic mass is 35.5. The largest absolute Gasteiger partial charge is 0.416 e. The summed E-state index contributed by atoms with van der Waals surface area (Å²) < 4.78 is 40.8. The van der Waals surface area contributed by atoms with Gasteiger partial charge in [0.15, 0.2) is 0 Å². The molecule has 2 aromatic heterocycles. The second kappa shape index (κ2) is 7.41. The highest BCUT2D eigenvalue weighted by molar-refractivity contribution is 6.31. The molecular weight excluding hydrogens is 399 g/mol. The second-order valence-corrected chi connectivity index (χ2v) is 7.82. The Labute approximate surface area is 172 Å². The predicted molar refractivity (Wildman–Crippen MR) is 109 cm³/mol. The third kappa shape index (κ3) is 3.86. The SMILES string of the molecule is Cc1ccc(C)n1-c1ccc2c(n1)CCCN2Cc1ccc(C(F)(F)F)cc1Cl. The van der Waals surface area contributed by atoms with Gasteiger partial charge >= 0.3 is 6.18 Å². The number of fused-ring (bicyclic) bond motifs is 1. The molecule has 3 nitrogen and oxygen atoms in total. The normalized spacial score (nSPS) is 14.2. The summed E-state index contributed by atoms with van der Waals surface area (Å²) in [7, 11) is 0. The zero-order valence-corrected chi connectivity index (χ0v) is 17.0. The van der Waals surface area contributed by atoms with Crippen molar-refractivity contribution in [2.45, 2.75) is 39.4 Å². The smallest absolute Gasteiger partial charge is 0.366 e. The summed E-state index contributed by atoms with van der Waals surface area (Å²) in [5.41, 5.74) is 4.21. The van der Waals surface area contributed by atoms with Gasteiger partial charge in [0.1, 0.15) is 5.82 Å². The van der Waals surface area contributed by atoms with E-state index in [2.05, 4.69) is 21.6 Å². The molecule has 0 N–H and O–H groups in total. The van der Waals surface area contributed by atoms with E-state index in [-0.39, 0.29) is 5.02 Å². The molecule has 1 aliphatic heterocycles. The van der Waals surface area contributed by atoms with Crippen LogP contribution in [0.4, 0.5) is 18.9 Å². The van der Waals surface area contributed by atoms with Crippen molar-refractivity contribution in [1.82, 2.24) is 9.55 Å². The van der Waals surface area contributed by atoms with Crippen LogP contribution in [-0.2, 0) is 19.1 Å². The minimum Gasteiger partial charge on any atom is -0.366 e. The monoisotopic (exact) mass is 419 g/mol. The second-order valence-electron chi connectivity index (χ2n) is 7.42. The predicted octanol–water partition coefficient (Wildman–Crippen LogP) is 6.11. The van der Waals surface area contributed by atoms with E-state index in [1.165, 1.54) is 6.07 Å². The fourth-order valence-electron chi connectivity index (χ4n) is 3.89. The first-order valence-corrected chi connectivity index (χ1v) is 9.87. The molecule has 7 heteroatoms. The molecule has 0 unspecified atom stereocenters. The van der Waals surface area contributed by atoms with E-state index in [9.17, 15) is 13.2 Å².